The number of hydrogen-bond acceptors (Lipinski definition) is 3. The summed E-state index contributed by atoms with van der Waals surface area (Å²) in [6.07, 6.45) is 3.23. The highest BCUT2D eigenvalue weighted by Gasteiger charge is 2.21. The van der Waals surface area contributed by atoms with Crippen LogP contribution in [-0.4, -0.2) is 44.1 Å². The Kier molecular flexibility index (Phi) is 4.80. The smallest absolute Gasteiger partial charge is 0.253 e. The fourth-order valence-corrected chi connectivity index (χ4v) is 2.49. The molecule has 1 aromatic rings. The maximum absolute atomic E-state index is 12.4. The average Bonchev–Trinajstić information content (AvgIpc) is 2.75. The van der Waals surface area contributed by atoms with E-state index in [2.05, 4.69) is 5.32 Å². The van der Waals surface area contributed by atoms with Crippen LogP contribution >= 0.6 is 0 Å². The number of nitrogens with zero attached hydrogens (tertiary/aromatic N) is 1. The van der Waals surface area contributed by atoms with E-state index in [-0.39, 0.29) is 5.91 Å². The van der Waals surface area contributed by atoms with Crippen molar-refractivity contribution in [2.75, 3.05) is 27.2 Å². The van der Waals surface area contributed by atoms with E-state index >= 15 is 0 Å². The Morgan fingerprint density at radius 1 is 1.26 bits per heavy atom. The molecule has 1 unspecified atom stereocenters. The highest BCUT2D eigenvalue weighted by molar-refractivity contribution is 5.94. The van der Waals surface area contributed by atoms with E-state index in [1.165, 1.54) is 0 Å². The minimum absolute atomic E-state index is 0.0922. The second kappa shape index (κ2) is 6.57. The van der Waals surface area contributed by atoms with Gasteiger partial charge in [-0.1, -0.05) is 0 Å². The van der Waals surface area contributed by atoms with Gasteiger partial charge in [0.1, 0.15) is 5.75 Å². The van der Waals surface area contributed by atoms with Crippen molar-refractivity contribution in [2.24, 2.45) is 0 Å². The highest BCUT2D eigenvalue weighted by atomic mass is 16.5. The van der Waals surface area contributed by atoms with Crippen molar-refractivity contribution in [3.8, 4) is 5.75 Å². The van der Waals surface area contributed by atoms with Crippen LogP contribution in [0.3, 0.4) is 0 Å². The molecule has 0 aliphatic carbocycles. The van der Waals surface area contributed by atoms with Gasteiger partial charge < -0.3 is 15.0 Å². The molecule has 4 nitrogen and oxygen atoms in total. The van der Waals surface area contributed by atoms with Gasteiger partial charge in [-0.05, 0) is 56.6 Å². The lowest BCUT2D eigenvalue weighted by Gasteiger charge is -2.27. The van der Waals surface area contributed by atoms with Crippen LogP contribution in [-0.2, 0) is 0 Å². The second-order valence-electron chi connectivity index (χ2n) is 4.98. The van der Waals surface area contributed by atoms with Gasteiger partial charge in [0.15, 0.2) is 0 Å². The molecule has 1 saturated heterocycles. The molecule has 1 heterocycles. The molecule has 1 N–H and O–H groups in total. The molecule has 0 bridgehead atoms. The van der Waals surface area contributed by atoms with E-state index in [4.69, 9.17) is 4.74 Å². The van der Waals surface area contributed by atoms with Crippen LogP contribution in [0.15, 0.2) is 24.3 Å². The zero-order valence-corrected chi connectivity index (χ0v) is 11.7. The van der Waals surface area contributed by atoms with Crippen LogP contribution in [0.2, 0.25) is 0 Å². The fraction of sp³-hybridized carbons (Fsp3) is 0.533. The Balaban J connectivity index is 2.04. The number of ether oxygens (including phenoxy) is 1. The van der Waals surface area contributed by atoms with Crippen LogP contribution in [0.5, 0.6) is 5.75 Å². The van der Waals surface area contributed by atoms with E-state index in [1.807, 2.05) is 36.2 Å². The molecule has 19 heavy (non-hydrogen) atoms. The number of rotatable bonds is 3. The molecule has 1 amide bonds. The van der Waals surface area contributed by atoms with Crippen LogP contribution in [0.25, 0.3) is 0 Å². The topological polar surface area (TPSA) is 41.6 Å². The average molecular weight is 262 g/mol. The van der Waals surface area contributed by atoms with Crippen LogP contribution in [0, 0.1) is 0 Å². The predicted octanol–water partition coefficient (Wildman–Crippen LogP) is 1.91. The zero-order chi connectivity index (χ0) is 13.7. The molecular formula is C15H22N2O2. The summed E-state index contributed by atoms with van der Waals surface area (Å²) in [5.41, 5.74) is 0.723. The minimum atomic E-state index is 0.0922. The summed E-state index contributed by atoms with van der Waals surface area (Å²) in [4.78, 5) is 14.3. The molecule has 1 atom stereocenters. The molecule has 0 aromatic heterocycles. The van der Waals surface area contributed by atoms with E-state index in [0.717, 1.165) is 43.7 Å². The Morgan fingerprint density at radius 3 is 2.68 bits per heavy atom. The first-order chi connectivity index (χ1) is 9.22. The summed E-state index contributed by atoms with van der Waals surface area (Å²) in [7, 11) is 3.53. The molecule has 0 saturated carbocycles. The van der Waals surface area contributed by atoms with Crippen molar-refractivity contribution in [3.63, 3.8) is 0 Å². The summed E-state index contributed by atoms with van der Waals surface area (Å²) in [6.45, 7) is 2.05. The lowest BCUT2D eigenvalue weighted by atomic mass is 10.1. The molecule has 1 aliphatic heterocycles. The number of carbonyl (C=O) groups is 1. The lowest BCUT2D eigenvalue weighted by Crippen LogP contribution is -2.37. The van der Waals surface area contributed by atoms with Gasteiger partial charge in [0.05, 0.1) is 7.11 Å². The Bertz CT molecular complexity index is 409. The van der Waals surface area contributed by atoms with Gasteiger partial charge in [-0.3, -0.25) is 4.79 Å². The van der Waals surface area contributed by atoms with Crippen LogP contribution in [0.4, 0.5) is 0 Å². The Hall–Kier alpha value is -1.55. The molecule has 2 rings (SSSR count). The predicted molar refractivity (Wildman–Crippen MR) is 75.6 cm³/mol. The Labute approximate surface area is 114 Å². The van der Waals surface area contributed by atoms with Crippen LogP contribution < -0.4 is 10.1 Å². The van der Waals surface area contributed by atoms with E-state index in [9.17, 15) is 4.79 Å². The summed E-state index contributed by atoms with van der Waals surface area (Å²) in [5, 5.41) is 3.37. The van der Waals surface area contributed by atoms with Crippen LogP contribution in [0.1, 0.15) is 29.6 Å². The number of carbonyl (C=O) groups excluding carboxylic acids is 1. The SMILES string of the molecule is COc1ccc(C(=O)N(C)C2CCCNCC2)cc1. The normalized spacial score (nSPS) is 19.6. The standard InChI is InChI=1S/C15H22N2O2/c1-17(13-4-3-10-16-11-9-13)15(18)12-5-7-14(19-2)8-6-12/h5-8,13,16H,3-4,9-11H2,1-2H3. The first-order valence-corrected chi connectivity index (χ1v) is 6.84. The molecule has 1 aromatic carbocycles. The van der Waals surface area contributed by atoms with E-state index in [1.54, 1.807) is 7.11 Å². The largest absolute Gasteiger partial charge is 0.497 e. The maximum Gasteiger partial charge on any atom is 0.253 e. The first kappa shape index (κ1) is 13.9. The molecule has 4 heteroatoms. The van der Waals surface area contributed by atoms with Gasteiger partial charge in [0, 0.05) is 18.7 Å². The number of amides is 1. The third kappa shape index (κ3) is 3.47. The molecule has 1 fully saturated rings. The van der Waals surface area contributed by atoms with Crippen molar-refractivity contribution >= 4 is 5.91 Å². The highest BCUT2D eigenvalue weighted by Crippen LogP contribution is 2.17. The number of benzene rings is 1. The molecule has 0 radical (unpaired) electrons. The first-order valence-electron chi connectivity index (χ1n) is 6.84. The van der Waals surface area contributed by atoms with Gasteiger partial charge in [-0.15, -0.1) is 0 Å². The molecule has 104 valence electrons. The van der Waals surface area contributed by atoms with Gasteiger partial charge in [0.2, 0.25) is 0 Å². The number of nitrogens with one attached hydrogen (secondary N) is 1. The number of methoxy groups -OCH3 is 1. The van der Waals surface area contributed by atoms with Crippen molar-refractivity contribution < 1.29 is 9.53 Å². The van der Waals surface area contributed by atoms with Gasteiger partial charge in [0.25, 0.3) is 5.91 Å². The molecule has 1 aliphatic rings. The molecule has 0 spiro atoms. The summed E-state index contributed by atoms with van der Waals surface area (Å²) >= 11 is 0. The lowest BCUT2D eigenvalue weighted by molar-refractivity contribution is 0.0720. The van der Waals surface area contributed by atoms with Gasteiger partial charge in [-0.25, -0.2) is 0 Å². The second-order valence-corrected chi connectivity index (χ2v) is 4.98. The van der Waals surface area contributed by atoms with E-state index < -0.39 is 0 Å². The van der Waals surface area contributed by atoms with Gasteiger partial charge >= 0.3 is 0 Å². The van der Waals surface area contributed by atoms with Crippen molar-refractivity contribution in [3.05, 3.63) is 29.8 Å². The van der Waals surface area contributed by atoms with Crippen molar-refractivity contribution in [1.29, 1.82) is 0 Å². The van der Waals surface area contributed by atoms with E-state index in [0.29, 0.717) is 6.04 Å². The third-order valence-electron chi connectivity index (χ3n) is 3.75. The van der Waals surface area contributed by atoms with Gasteiger partial charge in [-0.2, -0.15) is 0 Å². The van der Waals surface area contributed by atoms with Crippen molar-refractivity contribution in [2.45, 2.75) is 25.3 Å². The molecular weight excluding hydrogens is 240 g/mol. The zero-order valence-electron chi connectivity index (χ0n) is 11.7. The maximum atomic E-state index is 12.4. The minimum Gasteiger partial charge on any atom is -0.497 e. The third-order valence-corrected chi connectivity index (χ3v) is 3.75. The number of hydrogen-bond donors (Lipinski definition) is 1. The van der Waals surface area contributed by atoms with Crippen molar-refractivity contribution in [1.82, 2.24) is 10.2 Å². The summed E-state index contributed by atoms with van der Waals surface area (Å²) in [6, 6.07) is 7.65. The quantitative estimate of drug-likeness (QED) is 0.904. The summed E-state index contributed by atoms with van der Waals surface area (Å²) in [5.74, 6) is 0.868. The monoisotopic (exact) mass is 262 g/mol. The summed E-state index contributed by atoms with van der Waals surface area (Å²) < 4.78 is 5.11. The fourth-order valence-electron chi connectivity index (χ4n) is 2.49. The Morgan fingerprint density at radius 2 is 2.00 bits per heavy atom.